The van der Waals surface area contributed by atoms with Crippen LogP contribution in [0.4, 0.5) is 0 Å². The van der Waals surface area contributed by atoms with Crippen LogP contribution < -0.4 is 21.9 Å². The van der Waals surface area contributed by atoms with E-state index in [1.807, 2.05) is 4.98 Å². The van der Waals surface area contributed by atoms with Crippen LogP contribution in [-0.2, 0) is 0 Å². The van der Waals surface area contributed by atoms with Crippen molar-refractivity contribution in [1.82, 2.24) is 20.6 Å². The lowest BCUT2D eigenvalue weighted by Gasteiger charge is -1.77. The molecule has 0 atom stereocenters. The van der Waals surface area contributed by atoms with Crippen LogP contribution in [0.15, 0.2) is 21.9 Å². The number of rotatable bonds is 0. The predicted molar refractivity (Wildman–Crippen MR) is 48.6 cm³/mol. The first-order valence-electron chi connectivity index (χ1n) is 3.98. The molecular formula is C7H12N4O2. The van der Waals surface area contributed by atoms with E-state index in [2.05, 4.69) is 15.6 Å². The Morgan fingerprint density at radius 2 is 1.85 bits per heavy atom. The number of hydrogen-bond donors (Lipinski definition) is 4. The summed E-state index contributed by atoms with van der Waals surface area (Å²) in [6.07, 6.45) is 1.29. The van der Waals surface area contributed by atoms with Crippen molar-refractivity contribution in [1.29, 1.82) is 0 Å². The fourth-order valence-electron chi connectivity index (χ4n) is 0.825. The maximum atomic E-state index is 10.2. The van der Waals surface area contributed by atoms with E-state index in [0.29, 0.717) is 0 Å². The molecule has 1 aromatic heterocycles. The van der Waals surface area contributed by atoms with Gasteiger partial charge in [-0.3, -0.25) is 9.78 Å². The van der Waals surface area contributed by atoms with Gasteiger partial charge in [0.05, 0.1) is 0 Å². The molecule has 6 heteroatoms. The molecule has 72 valence electrons. The summed E-state index contributed by atoms with van der Waals surface area (Å²) in [5.41, 5.74) is -0.855. The average Bonchev–Trinajstić information content (AvgIpc) is 2.59. The molecule has 0 saturated carbocycles. The van der Waals surface area contributed by atoms with Crippen LogP contribution in [-0.4, -0.2) is 29.7 Å². The zero-order chi connectivity index (χ0) is 9.52. The van der Waals surface area contributed by atoms with Gasteiger partial charge in [0.15, 0.2) is 0 Å². The van der Waals surface area contributed by atoms with E-state index in [1.165, 1.54) is 12.3 Å². The summed E-state index contributed by atoms with van der Waals surface area (Å²) in [6.45, 7) is 3.28. The maximum absolute atomic E-state index is 10.2. The minimum Gasteiger partial charge on any atom is -0.314 e. The van der Waals surface area contributed by atoms with Gasteiger partial charge in [-0.2, -0.15) is 0 Å². The number of aromatic nitrogens is 2. The molecule has 1 aliphatic heterocycles. The zero-order valence-corrected chi connectivity index (χ0v) is 7.09. The molecule has 0 amide bonds. The third-order valence-corrected chi connectivity index (χ3v) is 1.41. The monoisotopic (exact) mass is 184 g/mol. The molecule has 4 N–H and O–H groups in total. The van der Waals surface area contributed by atoms with E-state index in [-0.39, 0.29) is 5.56 Å². The lowest BCUT2D eigenvalue weighted by atomic mass is 10.7. The molecule has 0 aliphatic carbocycles. The van der Waals surface area contributed by atoms with Gasteiger partial charge in [-0.25, -0.2) is 4.79 Å². The van der Waals surface area contributed by atoms with Crippen LogP contribution in [0, 0.1) is 0 Å². The van der Waals surface area contributed by atoms with Gasteiger partial charge >= 0.3 is 5.69 Å². The Morgan fingerprint density at radius 3 is 2.15 bits per heavy atom. The minimum absolute atomic E-state index is 0.381. The standard InChI is InChI=1S/C4H4N2O2.C3H8N2/c7-3-1-2-5-4(8)6-3;1-2-5-3-4-1/h1-2H,(H2,5,6,7,8);4-5H,1-3H2. The molecule has 1 aliphatic rings. The Bertz CT molecular complexity index is 306. The van der Waals surface area contributed by atoms with Crippen molar-refractivity contribution in [2.45, 2.75) is 0 Å². The van der Waals surface area contributed by atoms with E-state index in [4.69, 9.17) is 0 Å². The molecule has 0 bridgehead atoms. The number of aromatic amines is 2. The summed E-state index contributed by atoms with van der Waals surface area (Å²) >= 11 is 0. The minimum atomic E-state index is -0.475. The van der Waals surface area contributed by atoms with Crippen LogP contribution in [0.3, 0.4) is 0 Å². The Hall–Kier alpha value is -1.40. The SMILES string of the molecule is C1CNCN1.O=c1cc[nH]c(=O)[nH]1. The van der Waals surface area contributed by atoms with Gasteiger partial charge < -0.3 is 15.6 Å². The fourth-order valence-corrected chi connectivity index (χ4v) is 0.825. The highest BCUT2D eigenvalue weighted by Crippen LogP contribution is 1.62. The first kappa shape index (κ1) is 9.69. The maximum Gasteiger partial charge on any atom is 0.325 e. The van der Waals surface area contributed by atoms with Gasteiger partial charge in [0, 0.05) is 32.0 Å². The summed E-state index contributed by atoms with van der Waals surface area (Å²) in [4.78, 5) is 24.7. The quantitative estimate of drug-likeness (QED) is 0.383. The third-order valence-electron chi connectivity index (χ3n) is 1.41. The topological polar surface area (TPSA) is 89.8 Å². The molecule has 2 heterocycles. The van der Waals surface area contributed by atoms with Crippen LogP contribution in [0.5, 0.6) is 0 Å². The third kappa shape index (κ3) is 4.24. The van der Waals surface area contributed by atoms with E-state index in [0.717, 1.165) is 19.8 Å². The van der Waals surface area contributed by atoms with E-state index in [1.54, 1.807) is 0 Å². The van der Waals surface area contributed by atoms with Crippen LogP contribution in [0.25, 0.3) is 0 Å². The zero-order valence-electron chi connectivity index (χ0n) is 7.09. The molecule has 2 rings (SSSR count). The van der Waals surface area contributed by atoms with Crippen molar-refractivity contribution in [2.75, 3.05) is 19.8 Å². The largest absolute Gasteiger partial charge is 0.325 e. The first-order valence-corrected chi connectivity index (χ1v) is 3.98. The number of H-pyrrole nitrogens is 2. The first-order chi connectivity index (χ1) is 6.29. The summed E-state index contributed by atoms with van der Waals surface area (Å²) in [5, 5.41) is 6.22. The fraction of sp³-hybridized carbons (Fsp3) is 0.429. The predicted octanol–water partition coefficient (Wildman–Crippen LogP) is -1.80. The highest BCUT2D eigenvalue weighted by molar-refractivity contribution is 4.77. The Morgan fingerprint density at radius 1 is 1.15 bits per heavy atom. The Kier molecular flexibility index (Phi) is 3.94. The molecule has 13 heavy (non-hydrogen) atoms. The Balaban J connectivity index is 0.000000145. The van der Waals surface area contributed by atoms with Gasteiger partial charge in [-0.1, -0.05) is 0 Å². The highest BCUT2D eigenvalue weighted by atomic mass is 16.2. The second-order valence-corrected chi connectivity index (χ2v) is 2.47. The molecular weight excluding hydrogens is 172 g/mol. The summed E-state index contributed by atoms with van der Waals surface area (Å²) < 4.78 is 0. The van der Waals surface area contributed by atoms with E-state index >= 15 is 0 Å². The molecule has 1 fully saturated rings. The summed E-state index contributed by atoms with van der Waals surface area (Å²) in [5.74, 6) is 0. The summed E-state index contributed by atoms with van der Waals surface area (Å²) in [7, 11) is 0. The number of hydrogen-bond acceptors (Lipinski definition) is 4. The molecule has 0 radical (unpaired) electrons. The molecule has 1 aromatic rings. The Labute approximate surface area is 74.4 Å². The van der Waals surface area contributed by atoms with Crippen molar-refractivity contribution >= 4 is 0 Å². The second kappa shape index (κ2) is 5.28. The van der Waals surface area contributed by atoms with Crippen LogP contribution in [0.1, 0.15) is 0 Å². The average molecular weight is 184 g/mol. The molecule has 0 unspecified atom stereocenters. The van der Waals surface area contributed by atoms with Crippen LogP contribution in [0.2, 0.25) is 0 Å². The van der Waals surface area contributed by atoms with E-state index < -0.39 is 5.69 Å². The van der Waals surface area contributed by atoms with Crippen molar-refractivity contribution in [3.05, 3.63) is 33.1 Å². The van der Waals surface area contributed by atoms with Gasteiger partial charge in [-0.05, 0) is 0 Å². The van der Waals surface area contributed by atoms with Gasteiger partial charge in [0.25, 0.3) is 5.56 Å². The lowest BCUT2D eigenvalue weighted by molar-refractivity contribution is 0.807. The van der Waals surface area contributed by atoms with Crippen molar-refractivity contribution < 1.29 is 0 Å². The van der Waals surface area contributed by atoms with E-state index in [9.17, 15) is 9.59 Å². The van der Waals surface area contributed by atoms with Crippen molar-refractivity contribution in [3.8, 4) is 0 Å². The highest BCUT2D eigenvalue weighted by Gasteiger charge is 1.90. The molecule has 0 spiro atoms. The lowest BCUT2D eigenvalue weighted by Crippen LogP contribution is -2.19. The van der Waals surface area contributed by atoms with Crippen molar-refractivity contribution in [2.24, 2.45) is 0 Å². The number of nitrogens with one attached hydrogen (secondary N) is 4. The van der Waals surface area contributed by atoms with Crippen molar-refractivity contribution in [3.63, 3.8) is 0 Å². The normalized spacial score (nSPS) is 14.8. The molecule has 0 aromatic carbocycles. The smallest absolute Gasteiger partial charge is 0.314 e. The summed E-state index contributed by atoms with van der Waals surface area (Å²) in [6, 6.07) is 1.24. The van der Waals surface area contributed by atoms with Gasteiger partial charge in [-0.15, -0.1) is 0 Å². The van der Waals surface area contributed by atoms with Gasteiger partial charge in [0.2, 0.25) is 0 Å². The van der Waals surface area contributed by atoms with Gasteiger partial charge in [0.1, 0.15) is 0 Å². The van der Waals surface area contributed by atoms with Crippen LogP contribution >= 0.6 is 0 Å². The molecule has 6 nitrogen and oxygen atoms in total. The second-order valence-electron chi connectivity index (χ2n) is 2.47. The molecule has 1 saturated heterocycles.